The van der Waals surface area contributed by atoms with Crippen LogP contribution in [0.5, 0.6) is 5.75 Å². The zero-order chi connectivity index (χ0) is 32.2. The smallest absolute Gasteiger partial charge is 0.163 e. The van der Waals surface area contributed by atoms with Gasteiger partial charge in [0.25, 0.3) is 0 Å². The maximum Gasteiger partial charge on any atom is 0.163 e. The summed E-state index contributed by atoms with van der Waals surface area (Å²) in [5.74, 6) is 1.91. The van der Waals surface area contributed by atoms with Gasteiger partial charge in [-0.3, -0.25) is 4.99 Å². The van der Waals surface area contributed by atoms with Crippen LogP contribution in [0.2, 0.25) is 0 Å². The first kappa shape index (κ1) is 29.0. The predicted octanol–water partition coefficient (Wildman–Crippen LogP) is 9.65. The van der Waals surface area contributed by atoms with Crippen molar-refractivity contribution in [2.24, 2.45) is 4.99 Å². The molecular formula is C43H30N4O. The van der Waals surface area contributed by atoms with Gasteiger partial charge in [-0.2, -0.15) is 0 Å². The number of aromatic nitrogens is 3. The Morgan fingerprint density at radius 2 is 1.31 bits per heavy atom. The van der Waals surface area contributed by atoms with E-state index in [4.69, 9.17) is 9.72 Å². The molecule has 5 nitrogen and oxygen atoms in total. The lowest BCUT2D eigenvalue weighted by molar-refractivity contribution is 0.469. The molecule has 0 saturated heterocycles. The molecule has 0 atom stereocenters. The van der Waals surface area contributed by atoms with Crippen LogP contribution in [-0.4, -0.2) is 21.2 Å². The largest absolute Gasteiger partial charge is 0.465 e. The fourth-order valence-electron chi connectivity index (χ4n) is 6.53. The van der Waals surface area contributed by atoms with E-state index >= 15 is 0 Å². The molecule has 1 aliphatic carbocycles. The number of hydrogen-bond donors (Lipinski definition) is 0. The Bertz CT molecular complexity index is 2220. The third kappa shape index (κ3) is 5.37. The third-order valence-corrected chi connectivity index (χ3v) is 8.73. The van der Waals surface area contributed by atoms with Crippen molar-refractivity contribution in [3.05, 3.63) is 198 Å². The predicted molar refractivity (Wildman–Crippen MR) is 193 cm³/mol. The molecule has 1 aromatic heterocycles. The van der Waals surface area contributed by atoms with Crippen LogP contribution in [0.1, 0.15) is 22.3 Å². The third-order valence-electron chi connectivity index (χ3n) is 8.73. The van der Waals surface area contributed by atoms with Gasteiger partial charge in [-0.15, -0.1) is 0 Å². The van der Waals surface area contributed by atoms with Crippen LogP contribution in [0.4, 0.5) is 0 Å². The van der Waals surface area contributed by atoms with Crippen LogP contribution in [0, 0.1) is 0 Å². The van der Waals surface area contributed by atoms with Crippen molar-refractivity contribution in [2.75, 3.05) is 0 Å². The van der Waals surface area contributed by atoms with E-state index in [-0.39, 0.29) is 0 Å². The molecule has 1 spiro atoms. The van der Waals surface area contributed by atoms with Crippen molar-refractivity contribution in [2.45, 2.75) is 5.41 Å². The van der Waals surface area contributed by atoms with Crippen LogP contribution in [0.15, 0.2) is 181 Å². The second kappa shape index (κ2) is 12.7. The second-order valence-corrected chi connectivity index (χ2v) is 11.6. The molecular weight excluding hydrogens is 589 g/mol. The average Bonchev–Trinajstić information content (AvgIpc) is 3.44. The molecule has 2 heterocycles. The van der Waals surface area contributed by atoms with Gasteiger partial charge < -0.3 is 4.74 Å². The molecule has 5 heteroatoms. The Kier molecular flexibility index (Phi) is 7.69. The van der Waals surface area contributed by atoms with Crippen molar-refractivity contribution in [1.29, 1.82) is 0 Å². The lowest BCUT2D eigenvalue weighted by atomic mass is 9.71. The fourth-order valence-corrected chi connectivity index (χ4v) is 6.53. The number of nitrogens with zero attached hydrogens (tertiary/aromatic N) is 4. The summed E-state index contributed by atoms with van der Waals surface area (Å²) in [5, 5.41) is 0. The number of ether oxygens (including phenoxy) is 1. The maximum absolute atomic E-state index is 6.56. The van der Waals surface area contributed by atoms with Gasteiger partial charge in [0, 0.05) is 29.1 Å². The van der Waals surface area contributed by atoms with Gasteiger partial charge in [0.2, 0.25) is 0 Å². The number of aliphatic imine (C=N–C) groups is 1. The van der Waals surface area contributed by atoms with E-state index in [1.807, 2.05) is 85.1 Å². The summed E-state index contributed by atoms with van der Waals surface area (Å²) in [6, 6.07) is 43.6. The lowest BCUT2D eigenvalue weighted by Gasteiger charge is -2.31. The molecule has 0 saturated carbocycles. The highest BCUT2D eigenvalue weighted by Crippen LogP contribution is 2.55. The summed E-state index contributed by atoms with van der Waals surface area (Å²) in [6.07, 6.45) is 17.3. The molecule has 0 amide bonds. The molecule has 2 aliphatic rings. The highest BCUT2D eigenvalue weighted by molar-refractivity contribution is 5.87. The number of hydrogen-bond acceptors (Lipinski definition) is 5. The van der Waals surface area contributed by atoms with Gasteiger partial charge in [-0.25, -0.2) is 15.0 Å². The first-order chi connectivity index (χ1) is 23.8. The van der Waals surface area contributed by atoms with Gasteiger partial charge in [0.15, 0.2) is 11.6 Å². The lowest BCUT2D eigenvalue weighted by Crippen LogP contribution is -2.25. The fraction of sp³-hybridized carbons (Fsp3) is 0.0233. The first-order valence-corrected chi connectivity index (χ1v) is 15.9. The van der Waals surface area contributed by atoms with Gasteiger partial charge in [0.1, 0.15) is 12.1 Å². The minimum Gasteiger partial charge on any atom is -0.465 e. The Morgan fingerprint density at radius 1 is 0.646 bits per heavy atom. The molecule has 1 aliphatic heterocycles. The van der Waals surface area contributed by atoms with E-state index in [1.165, 1.54) is 22.3 Å². The summed E-state index contributed by atoms with van der Waals surface area (Å²) >= 11 is 0. The summed E-state index contributed by atoms with van der Waals surface area (Å²) in [6.45, 7) is 0. The SMILES string of the molecule is C1=C(/C=N/C=C\c2ccccc2)/C=C/Oc2cc(-c3ncnc(-c4ccccc4)n3)ccc2C2(/C=C/1)c1ccccc1-c1ccccc12. The van der Waals surface area contributed by atoms with E-state index in [0.717, 1.165) is 27.8 Å². The van der Waals surface area contributed by atoms with Crippen LogP contribution in [0.25, 0.3) is 40.0 Å². The molecule has 0 bridgehead atoms. The minimum atomic E-state index is -0.605. The van der Waals surface area contributed by atoms with Crippen LogP contribution in [0.3, 0.4) is 0 Å². The monoisotopic (exact) mass is 618 g/mol. The maximum atomic E-state index is 6.56. The number of benzene rings is 5. The Balaban J connectivity index is 1.26. The highest BCUT2D eigenvalue weighted by atomic mass is 16.5. The van der Waals surface area contributed by atoms with Gasteiger partial charge >= 0.3 is 0 Å². The Labute approximate surface area is 279 Å². The first-order valence-electron chi connectivity index (χ1n) is 15.9. The molecule has 5 aromatic carbocycles. The van der Waals surface area contributed by atoms with Crippen LogP contribution in [-0.2, 0) is 5.41 Å². The molecule has 8 rings (SSSR count). The molecule has 0 unspecified atom stereocenters. The standard InChI is InChI=1S/C43H30N4O/c1-3-12-31(13-4-1)23-26-44-29-32-14-11-25-43(37-19-9-7-17-35(37)36-18-8-10-20-38(36)43)39-22-21-34(28-40(39)48-27-24-32)42-46-30-45-41(47-42)33-15-5-2-6-16-33/h1-30H/b25-11+,26-23-,27-24+,32-14?,44-29+. The molecule has 228 valence electrons. The van der Waals surface area contributed by atoms with E-state index < -0.39 is 5.41 Å². The molecule has 0 fully saturated rings. The number of fused-ring (bicyclic) bond motifs is 7. The molecule has 0 radical (unpaired) electrons. The Morgan fingerprint density at radius 3 is 2.06 bits per heavy atom. The van der Waals surface area contributed by atoms with Crippen molar-refractivity contribution in [1.82, 2.24) is 15.0 Å². The zero-order valence-electron chi connectivity index (χ0n) is 26.0. The van der Waals surface area contributed by atoms with Crippen LogP contribution >= 0.6 is 0 Å². The topological polar surface area (TPSA) is 60.3 Å². The van der Waals surface area contributed by atoms with Gasteiger partial charge in [0.05, 0.1) is 11.7 Å². The quantitative estimate of drug-likeness (QED) is 0.181. The second-order valence-electron chi connectivity index (χ2n) is 11.6. The van der Waals surface area contributed by atoms with Crippen molar-refractivity contribution >= 4 is 12.3 Å². The minimum absolute atomic E-state index is 0.575. The van der Waals surface area contributed by atoms with Crippen molar-refractivity contribution in [3.8, 4) is 39.7 Å². The van der Waals surface area contributed by atoms with E-state index in [2.05, 4.69) is 93.9 Å². The van der Waals surface area contributed by atoms with Crippen molar-refractivity contribution < 1.29 is 4.74 Å². The van der Waals surface area contributed by atoms with E-state index in [9.17, 15) is 0 Å². The Hall–Kier alpha value is -6.46. The molecule has 48 heavy (non-hydrogen) atoms. The number of rotatable bonds is 5. The van der Waals surface area contributed by atoms with E-state index in [0.29, 0.717) is 17.4 Å². The van der Waals surface area contributed by atoms with Crippen molar-refractivity contribution in [3.63, 3.8) is 0 Å². The summed E-state index contributed by atoms with van der Waals surface area (Å²) in [7, 11) is 0. The van der Waals surface area contributed by atoms with Gasteiger partial charge in [-0.1, -0.05) is 140 Å². The zero-order valence-corrected chi connectivity index (χ0v) is 26.0. The van der Waals surface area contributed by atoms with Crippen LogP contribution < -0.4 is 4.74 Å². The molecule has 0 N–H and O–H groups in total. The normalized spacial score (nSPS) is 15.7. The van der Waals surface area contributed by atoms with E-state index in [1.54, 1.807) is 18.8 Å². The summed E-state index contributed by atoms with van der Waals surface area (Å²) in [4.78, 5) is 18.4. The highest BCUT2D eigenvalue weighted by Gasteiger charge is 2.44. The summed E-state index contributed by atoms with van der Waals surface area (Å²) in [5.41, 5.74) is 8.99. The summed E-state index contributed by atoms with van der Waals surface area (Å²) < 4.78 is 6.56. The average molecular weight is 619 g/mol. The molecule has 6 aromatic rings. The number of allylic oxidation sites excluding steroid dienone is 5. The van der Waals surface area contributed by atoms with Gasteiger partial charge in [-0.05, 0) is 51.6 Å².